The van der Waals surface area contributed by atoms with Crippen molar-refractivity contribution in [3.05, 3.63) is 89.2 Å². The second-order valence-electron chi connectivity index (χ2n) is 7.67. The van der Waals surface area contributed by atoms with Crippen LogP contribution in [0.2, 0.25) is 0 Å². The first-order valence-corrected chi connectivity index (χ1v) is 11.0. The van der Waals surface area contributed by atoms with Crippen molar-refractivity contribution in [1.82, 2.24) is 25.3 Å². The molecule has 3 aromatic rings. The second-order valence-corrected chi connectivity index (χ2v) is 7.67. The molecule has 0 spiro atoms. The van der Waals surface area contributed by atoms with Crippen LogP contribution in [0.1, 0.15) is 36.1 Å². The monoisotopic (exact) mass is 546 g/mol. The van der Waals surface area contributed by atoms with E-state index >= 15 is 0 Å². The van der Waals surface area contributed by atoms with Crippen LogP contribution in [0.5, 0.6) is 0 Å². The summed E-state index contributed by atoms with van der Waals surface area (Å²) in [6.07, 6.45) is 3.80. The molecule has 0 aliphatic heterocycles. The number of nitrogens with one attached hydrogen (secondary N) is 2. The largest absolute Gasteiger partial charge is 0.357 e. The summed E-state index contributed by atoms with van der Waals surface area (Å²) in [5.41, 5.74) is 5.04. The zero-order valence-corrected chi connectivity index (χ0v) is 21.6. The van der Waals surface area contributed by atoms with Crippen molar-refractivity contribution in [1.29, 1.82) is 0 Å². The van der Waals surface area contributed by atoms with Crippen molar-refractivity contribution >= 4 is 29.9 Å². The maximum absolute atomic E-state index is 4.81. The van der Waals surface area contributed by atoms with E-state index in [-0.39, 0.29) is 24.0 Å². The number of benzene rings is 2. The summed E-state index contributed by atoms with van der Waals surface area (Å²) in [6, 6.07) is 19.1. The van der Waals surface area contributed by atoms with Gasteiger partial charge in [-0.05, 0) is 48.8 Å². The molecule has 0 bridgehead atoms. The summed E-state index contributed by atoms with van der Waals surface area (Å²) in [4.78, 5) is 7.11. The second kappa shape index (κ2) is 13.9. The van der Waals surface area contributed by atoms with Gasteiger partial charge in [0.05, 0.1) is 13.1 Å². The summed E-state index contributed by atoms with van der Waals surface area (Å²) in [5, 5.41) is 11.2. The molecule has 0 fully saturated rings. The summed E-state index contributed by atoms with van der Waals surface area (Å²) in [7, 11) is 2.14. The van der Waals surface area contributed by atoms with E-state index in [0.29, 0.717) is 13.1 Å². The number of aliphatic imine (C=N–C) groups is 1. The van der Waals surface area contributed by atoms with Crippen molar-refractivity contribution in [3.8, 4) is 0 Å². The quantitative estimate of drug-likeness (QED) is 0.227. The van der Waals surface area contributed by atoms with Crippen molar-refractivity contribution in [2.75, 3.05) is 20.1 Å². The first-order chi connectivity index (χ1) is 15.2. The van der Waals surface area contributed by atoms with Gasteiger partial charge in [-0.15, -0.1) is 24.0 Å². The molecule has 6 nitrogen and oxygen atoms in total. The van der Waals surface area contributed by atoms with Crippen LogP contribution in [-0.4, -0.2) is 40.8 Å². The lowest BCUT2D eigenvalue weighted by atomic mass is 10.1. The fraction of sp³-hybridized carbons (Fsp3) is 0.360. The molecule has 0 atom stereocenters. The third-order valence-corrected chi connectivity index (χ3v) is 5.20. The van der Waals surface area contributed by atoms with Crippen LogP contribution in [0, 0.1) is 0 Å². The fourth-order valence-electron chi connectivity index (χ4n) is 3.39. The number of halogens is 1. The minimum atomic E-state index is 0. The number of aromatic nitrogens is 2. The molecule has 0 aliphatic carbocycles. The molecular weight excluding hydrogens is 511 g/mol. The van der Waals surface area contributed by atoms with Crippen molar-refractivity contribution in [2.45, 2.75) is 40.0 Å². The third kappa shape index (κ3) is 8.27. The van der Waals surface area contributed by atoms with Gasteiger partial charge in [-0.25, -0.2) is 4.99 Å². The molecule has 0 aliphatic rings. The summed E-state index contributed by atoms with van der Waals surface area (Å²) < 4.78 is 1.95. The number of hydrogen-bond donors (Lipinski definition) is 2. The van der Waals surface area contributed by atoms with Gasteiger partial charge in [0.1, 0.15) is 0 Å². The molecule has 0 radical (unpaired) electrons. The van der Waals surface area contributed by atoms with Crippen LogP contribution in [0.25, 0.3) is 0 Å². The number of rotatable bonds is 10. The Morgan fingerprint density at radius 1 is 1.00 bits per heavy atom. The lowest BCUT2D eigenvalue weighted by molar-refractivity contribution is 0.345. The zero-order chi connectivity index (χ0) is 21.9. The molecule has 3 rings (SSSR count). The highest BCUT2D eigenvalue weighted by atomic mass is 127. The molecule has 32 heavy (non-hydrogen) atoms. The van der Waals surface area contributed by atoms with E-state index in [9.17, 15) is 0 Å². The Kier molecular flexibility index (Phi) is 11.2. The Balaban J connectivity index is 0.00000363. The predicted molar refractivity (Wildman–Crippen MR) is 143 cm³/mol. The topological polar surface area (TPSA) is 57.5 Å². The van der Waals surface area contributed by atoms with Crippen LogP contribution in [0.4, 0.5) is 0 Å². The smallest absolute Gasteiger partial charge is 0.191 e. The molecule has 1 heterocycles. The van der Waals surface area contributed by atoms with E-state index in [0.717, 1.165) is 32.1 Å². The molecule has 0 unspecified atom stereocenters. The molecular formula is C25H35IN6. The first kappa shape index (κ1) is 25.9. The van der Waals surface area contributed by atoms with Gasteiger partial charge in [-0.1, -0.05) is 55.5 Å². The van der Waals surface area contributed by atoms with Gasteiger partial charge in [0.25, 0.3) is 0 Å². The van der Waals surface area contributed by atoms with E-state index in [4.69, 9.17) is 4.99 Å². The minimum Gasteiger partial charge on any atom is -0.357 e. The van der Waals surface area contributed by atoms with Gasteiger partial charge in [0.15, 0.2) is 5.96 Å². The molecule has 1 aromatic heterocycles. The zero-order valence-electron chi connectivity index (χ0n) is 19.3. The van der Waals surface area contributed by atoms with Gasteiger partial charge >= 0.3 is 0 Å². The SMILES string of the molecule is CCNC(=NCc1cccc(CN(C)CC)c1)NCc1ccccc1Cn1cccn1.I. The Morgan fingerprint density at radius 2 is 1.78 bits per heavy atom. The highest BCUT2D eigenvalue weighted by Gasteiger charge is 2.05. The van der Waals surface area contributed by atoms with E-state index in [1.165, 1.54) is 22.3 Å². The van der Waals surface area contributed by atoms with Crippen molar-refractivity contribution < 1.29 is 0 Å². The third-order valence-electron chi connectivity index (χ3n) is 5.20. The number of nitrogens with zero attached hydrogens (tertiary/aromatic N) is 4. The Labute approximate surface area is 209 Å². The molecule has 2 N–H and O–H groups in total. The van der Waals surface area contributed by atoms with Crippen LogP contribution >= 0.6 is 24.0 Å². The molecule has 7 heteroatoms. The lowest BCUT2D eigenvalue weighted by Crippen LogP contribution is -2.37. The highest BCUT2D eigenvalue weighted by Crippen LogP contribution is 2.11. The van der Waals surface area contributed by atoms with E-state index < -0.39 is 0 Å². The van der Waals surface area contributed by atoms with Gasteiger partial charge < -0.3 is 15.5 Å². The van der Waals surface area contributed by atoms with E-state index in [1.807, 2.05) is 23.1 Å². The molecule has 0 amide bonds. The average Bonchev–Trinajstić information content (AvgIpc) is 3.30. The minimum absolute atomic E-state index is 0. The Bertz CT molecular complexity index is 955. The number of guanidine groups is 1. The van der Waals surface area contributed by atoms with Crippen molar-refractivity contribution in [2.24, 2.45) is 4.99 Å². The van der Waals surface area contributed by atoms with Crippen LogP contribution < -0.4 is 10.6 Å². The number of hydrogen-bond acceptors (Lipinski definition) is 3. The Hall–Kier alpha value is -2.39. The Morgan fingerprint density at radius 3 is 2.50 bits per heavy atom. The molecule has 172 valence electrons. The molecule has 0 saturated heterocycles. The standard InChI is InChI=1S/C25H34N6.HI/c1-4-26-25(27-17-21-10-8-11-22(16-21)19-30(3)5-2)28-18-23-12-6-7-13-24(23)20-31-15-9-14-29-31;/h6-16H,4-5,17-20H2,1-3H3,(H2,26,27,28);1H. The summed E-state index contributed by atoms with van der Waals surface area (Å²) >= 11 is 0. The fourth-order valence-corrected chi connectivity index (χ4v) is 3.39. The summed E-state index contributed by atoms with van der Waals surface area (Å²) in [5.74, 6) is 0.826. The van der Waals surface area contributed by atoms with Gasteiger partial charge in [-0.3, -0.25) is 4.68 Å². The van der Waals surface area contributed by atoms with Crippen LogP contribution in [0.15, 0.2) is 72.0 Å². The lowest BCUT2D eigenvalue weighted by Gasteiger charge is -2.15. The molecule has 2 aromatic carbocycles. The van der Waals surface area contributed by atoms with Gasteiger partial charge in [-0.2, -0.15) is 5.10 Å². The van der Waals surface area contributed by atoms with Crippen LogP contribution in [-0.2, 0) is 26.2 Å². The average molecular weight is 547 g/mol. The van der Waals surface area contributed by atoms with Gasteiger partial charge in [0, 0.05) is 32.0 Å². The van der Waals surface area contributed by atoms with E-state index in [2.05, 4.69) is 90.1 Å². The highest BCUT2D eigenvalue weighted by molar-refractivity contribution is 14.0. The summed E-state index contributed by atoms with van der Waals surface area (Å²) in [6.45, 7) is 9.20. The van der Waals surface area contributed by atoms with Crippen LogP contribution in [0.3, 0.4) is 0 Å². The van der Waals surface area contributed by atoms with Crippen molar-refractivity contribution in [3.63, 3.8) is 0 Å². The predicted octanol–water partition coefficient (Wildman–Crippen LogP) is 4.26. The maximum atomic E-state index is 4.81. The normalized spacial score (nSPS) is 11.3. The first-order valence-electron chi connectivity index (χ1n) is 11.0. The maximum Gasteiger partial charge on any atom is 0.191 e. The molecule has 0 saturated carbocycles. The van der Waals surface area contributed by atoms with E-state index in [1.54, 1.807) is 0 Å². The van der Waals surface area contributed by atoms with Gasteiger partial charge in [0.2, 0.25) is 0 Å².